The second-order valence-corrected chi connectivity index (χ2v) is 7.26. The van der Waals surface area contributed by atoms with Crippen molar-refractivity contribution in [2.75, 3.05) is 16.8 Å². The summed E-state index contributed by atoms with van der Waals surface area (Å²) in [5, 5.41) is 8.05. The van der Waals surface area contributed by atoms with Gasteiger partial charge in [0.25, 0.3) is 0 Å². The highest BCUT2D eigenvalue weighted by Gasteiger charge is 2.22. The van der Waals surface area contributed by atoms with Gasteiger partial charge < -0.3 is 15.5 Å². The lowest BCUT2D eigenvalue weighted by atomic mass is 10.1. The molecule has 0 aromatic heterocycles. The molecule has 0 aliphatic carbocycles. The van der Waals surface area contributed by atoms with Gasteiger partial charge in [-0.25, -0.2) is 4.79 Å². The maximum absolute atomic E-state index is 12.1. The molecule has 0 bridgehead atoms. The van der Waals surface area contributed by atoms with Crippen LogP contribution in [0.1, 0.15) is 40.5 Å². The molecule has 1 unspecified atom stereocenters. The first-order valence-electron chi connectivity index (χ1n) is 8.46. The summed E-state index contributed by atoms with van der Waals surface area (Å²) in [4.78, 5) is 37.5. The topological polar surface area (TPSA) is 90.5 Å². The van der Waals surface area contributed by atoms with Crippen LogP contribution in [0.15, 0.2) is 24.3 Å². The molecule has 25 heavy (non-hydrogen) atoms. The van der Waals surface area contributed by atoms with E-state index in [-0.39, 0.29) is 5.91 Å². The van der Waals surface area contributed by atoms with E-state index in [1.807, 2.05) is 45.0 Å². The minimum atomic E-state index is -0.602. The fourth-order valence-electron chi connectivity index (χ4n) is 2.59. The van der Waals surface area contributed by atoms with E-state index in [1.165, 1.54) is 0 Å². The molecule has 1 aliphatic rings. The maximum atomic E-state index is 12.1. The molecule has 4 amide bonds. The summed E-state index contributed by atoms with van der Waals surface area (Å²) in [5.41, 5.74) is 1.11. The molecule has 0 radical (unpaired) electrons. The van der Waals surface area contributed by atoms with Gasteiger partial charge in [-0.15, -0.1) is 0 Å². The molecule has 1 aromatic carbocycles. The molecule has 1 heterocycles. The Morgan fingerprint density at radius 2 is 1.96 bits per heavy atom. The molecule has 1 aliphatic heterocycles. The Morgan fingerprint density at radius 1 is 1.24 bits per heavy atom. The number of carbonyl (C=O) groups excluding carboxylic acids is 3. The van der Waals surface area contributed by atoms with Gasteiger partial charge in [-0.3, -0.25) is 14.9 Å². The van der Waals surface area contributed by atoms with E-state index < -0.39 is 23.5 Å². The van der Waals surface area contributed by atoms with Crippen molar-refractivity contribution in [3.05, 3.63) is 24.3 Å². The van der Waals surface area contributed by atoms with Gasteiger partial charge in [-0.2, -0.15) is 0 Å². The number of rotatable bonds is 4. The average Bonchev–Trinajstić information content (AvgIpc) is 2.91. The second kappa shape index (κ2) is 7.55. The lowest BCUT2D eigenvalue weighted by Gasteiger charge is -2.22. The highest BCUT2D eigenvalue weighted by Crippen LogP contribution is 2.24. The molecule has 1 atom stereocenters. The summed E-state index contributed by atoms with van der Waals surface area (Å²) in [6.45, 7) is 7.90. The first-order chi connectivity index (χ1) is 11.7. The summed E-state index contributed by atoms with van der Waals surface area (Å²) >= 11 is 0. The van der Waals surface area contributed by atoms with Crippen molar-refractivity contribution in [1.29, 1.82) is 0 Å². The molecule has 1 saturated heterocycles. The SMILES string of the molecule is CC(Nc1cccc(N2CCCC2=O)c1)C(=O)NC(=O)NC(C)(C)C. The molecule has 7 nitrogen and oxygen atoms in total. The summed E-state index contributed by atoms with van der Waals surface area (Å²) < 4.78 is 0. The molecule has 136 valence electrons. The van der Waals surface area contributed by atoms with Crippen molar-refractivity contribution >= 4 is 29.2 Å². The molecule has 1 fully saturated rings. The molecule has 1 aromatic rings. The lowest BCUT2D eigenvalue weighted by molar-refractivity contribution is -0.120. The van der Waals surface area contributed by atoms with Gasteiger partial charge >= 0.3 is 6.03 Å². The van der Waals surface area contributed by atoms with E-state index in [0.717, 1.165) is 17.8 Å². The van der Waals surface area contributed by atoms with Crippen molar-refractivity contribution in [2.24, 2.45) is 0 Å². The second-order valence-electron chi connectivity index (χ2n) is 7.26. The molecule has 0 saturated carbocycles. The van der Waals surface area contributed by atoms with Crippen molar-refractivity contribution in [2.45, 2.75) is 52.1 Å². The summed E-state index contributed by atoms with van der Waals surface area (Å²) in [6.07, 6.45) is 1.43. The Bertz CT molecular complexity index is 667. The van der Waals surface area contributed by atoms with Crippen LogP contribution in [-0.2, 0) is 9.59 Å². The van der Waals surface area contributed by atoms with Crippen molar-refractivity contribution in [1.82, 2.24) is 10.6 Å². The van der Waals surface area contributed by atoms with Gasteiger partial charge in [-0.1, -0.05) is 6.07 Å². The zero-order valence-corrected chi connectivity index (χ0v) is 15.2. The van der Waals surface area contributed by atoms with Crippen molar-refractivity contribution in [3.8, 4) is 0 Å². The van der Waals surface area contributed by atoms with Gasteiger partial charge in [0.15, 0.2) is 0 Å². The standard InChI is InChI=1S/C18H26N4O3/c1-12(16(24)20-17(25)21-18(2,3)4)19-13-7-5-8-14(11-13)22-10-6-9-15(22)23/h5,7-8,11-12,19H,6,9-10H2,1-4H3,(H2,20,21,24,25). The molecule has 0 spiro atoms. The largest absolute Gasteiger partial charge is 0.374 e. The number of hydrogen-bond acceptors (Lipinski definition) is 4. The van der Waals surface area contributed by atoms with E-state index in [9.17, 15) is 14.4 Å². The van der Waals surface area contributed by atoms with Crippen LogP contribution in [0.5, 0.6) is 0 Å². The van der Waals surface area contributed by atoms with Crippen molar-refractivity contribution < 1.29 is 14.4 Å². The predicted molar refractivity (Wildman–Crippen MR) is 97.5 cm³/mol. The number of benzene rings is 1. The Hall–Kier alpha value is -2.57. The van der Waals surface area contributed by atoms with Crippen LogP contribution >= 0.6 is 0 Å². The van der Waals surface area contributed by atoms with Crippen LogP contribution in [0.2, 0.25) is 0 Å². The van der Waals surface area contributed by atoms with Gasteiger partial charge in [0.1, 0.15) is 6.04 Å². The van der Waals surface area contributed by atoms with E-state index >= 15 is 0 Å². The number of imide groups is 1. The van der Waals surface area contributed by atoms with E-state index in [1.54, 1.807) is 11.8 Å². The minimum Gasteiger partial charge on any atom is -0.374 e. The fourth-order valence-corrected chi connectivity index (χ4v) is 2.59. The predicted octanol–water partition coefficient (Wildman–Crippen LogP) is 2.24. The Balaban J connectivity index is 1.96. The number of amides is 4. The third-order valence-electron chi connectivity index (χ3n) is 3.73. The molecule has 7 heteroatoms. The first-order valence-corrected chi connectivity index (χ1v) is 8.46. The monoisotopic (exact) mass is 346 g/mol. The van der Waals surface area contributed by atoms with Gasteiger partial charge in [0, 0.05) is 29.9 Å². The van der Waals surface area contributed by atoms with Crippen LogP contribution in [0.4, 0.5) is 16.2 Å². The zero-order chi connectivity index (χ0) is 18.6. The Morgan fingerprint density at radius 3 is 2.56 bits per heavy atom. The summed E-state index contributed by atoms with van der Waals surface area (Å²) in [7, 11) is 0. The van der Waals surface area contributed by atoms with E-state index in [2.05, 4.69) is 16.0 Å². The fraction of sp³-hybridized carbons (Fsp3) is 0.500. The molecular formula is C18H26N4O3. The van der Waals surface area contributed by atoms with Gasteiger partial charge in [-0.05, 0) is 52.3 Å². The van der Waals surface area contributed by atoms with Crippen LogP contribution in [0.3, 0.4) is 0 Å². The Kier molecular flexibility index (Phi) is 5.66. The normalized spacial score (nSPS) is 15.7. The van der Waals surface area contributed by atoms with Crippen LogP contribution in [0, 0.1) is 0 Å². The smallest absolute Gasteiger partial charge is 0.321 e. The Labute approximate surface area is 148 Å². The van der Waals surface area contributed by atoms with Gasteiger partial charge in [0.2, 0.25) is 11.8 Å². The van der Waals surface area contributed by atoms with Crippen LogP contribution < -0.4 is 20.9 Å². The molecular weight excluding hydrogens is 320 g/mol. The number of anilines is 2. The number of hydrogen-bond donors (Lipinski definition) is 3. The molecule has 2 rings (SSSR count). The maximum Gasteiger partial charge on any atom is 0.321 e. The number of nitrogens with zero attached hydrogens (tertiary/aromatic N) is 1. The first kappa shape index (κ1) is 18.8. The number of nitrogens with one attached hydrogen (secondary N) is 3. The third-order valence-corrected chi connectivity index (χ3v) is 3.73. The summed E-state index contributed by atoms with van der Waals surface area (Å²) in [5.74, 6) is -0.314. The highest BCUT2D eigenvalue weighted by atomic mass is 16.2. The van der Waals surface area contributed by atoms with E-state index in [0.29, 0.717) is 13.0 Å². The van der Waals surface area contributed by atoms with Crippen molar-refractivity contribution in [3.63, 3.8) is 0 Å². The average molecular weight is 346 g/mol. The number of urea groups is 1. The molecule has 3 N–H and O–H groups in total. The lowest BCUT2D eigenvalue weighted by Crippen LogP contribution is -2.51. The minimum absolute atomic E-state index is 0.113. The quantitative estimate of drug-likeness (QED) is 0.780. The zero-order valence-electron chi connectivity index (χ0n) is 15.2. The number of carbonyl (C=O) groups is 3. The van der Waals surface area contributed by atoms with Crippen LogP contribution in [0.25, 0.3) is 0 Å². The van der Waals surface area contributed by atoms with Gasteiger partial charge in [0.05, 0.1) is 0 Å². The summed E-state index contributed by atoms with van der Waals surface area (Å²) in [6, 6.07) is 6.24. The highest BCUT2D eigenvalue weighted by molar-refractivity contribution is 5.98. The van der Waals surface area contributed by atoms with Crippen LogP contribution in [-0.4, -0.2) is 36.0 Å². The van der Waals surface area contributed by atoms with E-state index in [4.69, 9.17) is 0 Å². The third kappa shape index (κ3) is 5.48.